The van der Waals surface area contributed by atoms with Gasteiger partial charge in [0.2, 0.25) is 12.7 Å². The first kappa shape index (κ1) is 24.0. The molecule has 2 aliphatic heterocycles. The van der Waals surface area contributed by atoms with Gasteiger partial charge in [0.25, 0.3) is 5.91 Å². The number of likely N-dealkylation sites (tertiary alicyclic amines) is 1. The van der Waals surface area contributed by atoms with E-state index in [1.165, 1.54) is 6.26 Å². The Morgan fingerprint density at radius 3 is 2.61 bits per heavy atom. The summed E-state index contributed by atoms with van der Waals surface area (Å²) >= 11 is 0. The lowest BCUT2D eigenvalue weighted by Gasteiger charge is -2.25. The fourth-order valence-corrected chi connectivity index (χ4v) is 4.64. The van der Waals surface area contributed by atoms with Gasteiger partial charge in [0.15, 0.2) is 17.2 Å². The number of fused-ring (bicyclic) bond motifs is 1. The summed E-state index contributed by atoms with van der Waals surface area (Å²) < 4.78 is 27.8. The van der Waals surface area contributed by atoms with Gasteiger partial charge in [-0.05, 0) is 55.2 Å². The predicted molar refractivity (Wildman–Crippen MR) is 131 cm³/mol. The van der Waals surface area contributed by atoms with Gasteiger partial charge in [0, 0.05) is 31.7 Å². The van der Waals surface area contributed by atoms with Crippen molar-refractivity contribution in [3.63, 3.8) is 0 Å². The first-order valence-corrected chi connectivity index (χ1v) is 12.2. The average Bonchev–Trinajstić information content (AvgIpc) is 3.58. The summed E-state index contributed by atoms with van der Waals surface area (Å²) in [5.74, 6) is 3.41. The number of ether oxygens (including phenoxy) is 4. The molecule has 190 valence electrons. The van der Waals surface area contributed by atoms with Gasteiger partial charge in [-0.3, -0.25) is 9.69 Å². The molecule has 0 saturated carbocycles. The largest absolute Gasteiger partial charge is 0.497 e. The molecule has 3 aromatic rings. The number of carbonyl (C=O) groups excluding carboxylic acids is 1. The van der Waals surface area contributed by atoms with Crippen LogP contribution < -0.4 is 18.9 Å². The topological polar surface area (TPSA) is 86.5 Å². The normalized spacial score (nSPS) is 14.8. The number of hydrogen-bond acceptors (Lipinski definition) is 8. The molecule has 9 nitrogen and oxygen atoms in total. The predicted octanol–water partition coefficient (Wildman–Crippen LogP) is 4.25. The molecular weight excluding hydrogens is 462 g/mol. The Morgan fingerprint density at radius 2 is 1.81 bits per heavy atom. The lowest BCUT2D eigenvalue weighted by Crippen LogP contribution is -2.35. The smallest absolute Gasteiger partial charge is 0.275 e. The third-order valence-corrected chi connectivity index (χ3v) is 6.50. The highest BCUT2D eigenvalue weighted by Crippen LogP contribution is 2.33. The highest BCUT2D eigenvalue weighted by Gasteiger charge is 2.23. The number of oxazole rings is 1. The minimum absolute atomic E-state index is 0.0681. The van der Waals surface area contributed by atoms with Crippen LogP contribution in [0.1, 0.15) is 46.8 Å². The Hall–Kier alpha value is -3.72. The number of piperidine rings is 1. The molecule has 0 atom stereocenters. The van der Waals surface area contributed by atoms with E-state index in [1.807, 2.05) is 41.3 Å². The first-order chi connectivity index (χ1) is 17.6. The van der Waals surface area contributed by atoms with Gasteiger partial charge in [-0.25, -0.2) is 4.98 Å². The molecule has 0 spiro atoms. The van der Waals surface area contributed by atoms with Crippen LogP contribution in [0.3, 0.4) is 0 Å². The van der Waals surface area contributed by atoms with Crippen LogP contribution in [0, 0.1) is 0 Å². The van der Waals surface area contributed by atoms with Crippen LogP contribution in [0.15, 0.2) is 47.1 Å². The summed E-state index contributed by atoms with van der Waals surface area (Å²) in [5.41, 5.74) is 2.37. The van der Waals surface area contributed by atoms with E-state index in [2.05, 4.69) is 9.88 Å². The molecule has 36 heavy (non-hydrogen) atoms. The van der Waals surface area contributed by atoms with E-state index in [4.69, 9.17) is 23.4 Å². The second-order valence-electron chi connectivity index (χ2n) is 8.99. The lowest BCUT2D eigenvalue weighted by molar-refractivity contribution is 0.0718. The van der Waals surface area contributed by atoms with Gasteiger partial charge in [-0.1, -0.05) is 6.07 Å². The van der Waals surface area contributed by atoms with Crippen molar-refractivity contribution in [2.75, 3.05) is 34.1 Å². The number of carbonyl (C=O) groups is 1. The van der Waals surface area contributed by atoms with Gasteiger partial charge in [-0.15, -0.1) is 0 Å². The Balaban J connectivity index is 1.37. The fourth-order valence-electron chi connectivity index (χ4n) is 4.64. The van der Waals surface area contributed by atoms with Gasteiger partial charge in [-0.2, -0.15) is 0 Å². The van der Waals surface area contributed by atoms with Crippen LogP contribution in [0.25, 0.3) is 0 Å². The van der Waals surface area contributed by atoms with Crippen LogP contribution in [0.5, 0.6) is 23.0 Å². The van der Waals surface area contributed by atoms with E-state index in [9.17, 15) is 4.79 Å². The van der Waals surface area contributed by atoms with Crippen LogP contribution in [-0.2, 0) is 19.6 Å². The molecule has 1 saturated heterocycles. The summed E-state index contributed by atoms with van der Waals surface area (Å²) in [7, 11) is 3.30. The van der Waals surface area contributed by atoms with E-state index >= 15 is 0 Å². The van der Waals surface area contributed by atoms with Crippen molar-refractivity contribution < 1.29 is 28.2 Å². The van der Waals surface area contributed by atoms with Crippen LogP contribution >= 0.6 is 0 Å². The minimum Gasteiger partial charge on any atom is -0.497 e. The zero-order chi connectivity index (χ0) is 24.9. The van der Waals surface area contributed by atoms with Crippen LogP contribution in [0.4, 0.5) is 0 Å². The Kier molecular flexibility index (Phi) is 7.27. The maximum atomic E-state index is 12.9. The lowest BCUT2D eigenvalue weighted by atomic mass is 10.1. The van der Waals surface area contributed by atoms with E-state index in [0.29, 0.717) is 31.2 Å². The molecule has 3 heterocycles. The molecular formula is C27H31N3O6. The summed E-state index contributed by atoms with van der Waals surface area (Å²) in [4.78, 5) is 21.5. The molecule has 1 aromatic heterocycles. The number of nitrogens with zero attached hydrogens (tertiary/aromatic N) is 3. The molecule has 9 heteroatoms. The molecule has 5 rings (SSSR count). The average molecular weight is 494 g/mol. The summed E-state index contributed by atoms with van der Waals surface area (Å²) in [6.45, 7) is 3.32. The second kappa shape index (κ2) is 10.9. The Labute approximate surface area is 210 Å². The zero-order valence-corrected chi connectivity index (χ0v) is 20.7. The van der Waals surface area contributed by atoms with Crippen molar-refractivity contribution in [2.24, 2.45) is 0 Å². The van der Waals surface area contributed by atoms with E-state index in [1.54, 1.807) is 14.2 Å². The van der Waals surface area contributed by atoms with Crippen LogP contribution in [0.2, 0.25) is 0 Å². The first-order valence-electron chi connectivity index (χ1n) is 12.2. The highest BCUT2D eigenvalue weighted by atomic mass is 16.7. The quantitative estimate of drug-likeness (QED) is 0.437. The van der Waals surface area contributed by atoms with E-state index in [-0.39, 0.29) is 12.7 Å². The van der Waals surface area contributed by atoms with Gasteiger partial charge >= 0.3 is 0 Å². The zero-order valence-electron chi connectivity index (χ0n) is 20.7. The summed E-state index contributed by atoms with van der Waals surface area (Å²) in [6.07, 6.45) is 4.69. The number of benzene rings is 2. The Morgan fingerprint density at radius 1 is 0.972 bits per heavy atom. The molecule has 0 bridgehead atoms. The van der Waals surface area contributed by atoms with Crippen LogP contribution in [-0.4, -0.2) is 54.8 Å². The number of amides is 1. The molecule has 0 radical (unpaired) electrons. The third kappa shape index (κ3) is 5.41. The monoisotopic (exact) mass is 493 g/mol. The van der Waals surface area contributed by atoms with Crippen molar-refractivity contribution in [1.82, 2.24) is 14.8 Å². The molecule has 0 aliphatic carbocycles. The van der Waals surface area contributed by atoms with Gasteiger partial charge in [0.05, 0.1) is 20.8 Å². The number of aromatic nitrogens is 1. The molecule has 2 aliphatic rings. The molecule has 0 N–H and O–H groups in total. The van der Waals surface area contributed by atoms with Crippen molar-refractivity contribution in [3.8, 4) is 23.0 Å². The van der Waals surface area contributed by atoms with Gasteiger partial charge < -0.3 is 28.3 Å². The number of rotatable bonds is 9. The van der Waals surface area contributed by atoms with E-state index in [0.717, 1.165) is 66.5 Å². The maximum Gasteiger partial charge on any atom is 0.275 e. The summed E-state index contributed by atoms with van der Waals surface area (Å²) in [5, 5.41) is 0. The Bertz CT molecular complexity index is 1200. The highest BCUT2D eigenvalue weighted by molar-refractivity contribution is 5.92. The molecule has 2 aromatic carbocycles. The van der Waals surface area contributed by atoms with Crippen molar-refractivity contribution in [2.45, 2.75) is 38.9 Å². The molecule has 1 amide bonds. The second-order valence-corrected chi connectivity index (χ2v) is 8.99. The fraction of sp³-hybridized carbons (Fsp3) is 0.407. The van der Waals surface area contributed by atoms with Crippen molar-refractivity contribution in [1.29, 1.82) is 0 Å². The number of hydrogen-bond donors (Lipinski definition) is 0. The van der Waals surface area contributed by atoms with E-state index < -0.39 is 0 Å². The van der Waals surface area contributed by atoms with Crippen molar-refractivity contribution >= 4 is 5.91 Å². The SMILES string of the molecule is COc1ccc(OC)c(CN(Cc2ccc3c(c2)OCO3)Cc2nc(C(=O)N3CCCCC3)co2)c1. The van der Waals surface area contributed by atoms with Gasteiger partial charge in [0.1, 0.15) is 17.8 Å². The minimum atomic E-state index is -0.0681. The third-order valence-electron chi connectivity index (χ3n) is 6.50. The molecule has 1 fully saturated rings. The summed E-state index contributed by atoms with van der Waals surface area (Å²) in [6, 6.07) is 11.7. The molecule has 0 unspecified atom stereocenters. The standard InChI is InChI=1S/C27H31N3O6/c1-32-21-7-9-23(33-2)20(13-21)15-29(14-19-6-8-24-25(12-19)36-18-35-24)16-26-28-22(17-34-26)27(31)30-10-4-3-5-11-30/h6-9,12-13,17H,3-5,10-11,14-16,18H2,1-2H3. The maximum absolute atomic E-state index is 12.9. The number of methoxy groups -OCH3 is 2. The van der Waals surface area contributed by atoms with Crippen molar-refractivity contribution in [3.05, 3.63) is 65.4 Å².